The van der Waals surface area contributed by atoms with Gasteiger partial charge in [0.15, 0.2) is 0 Å². The highest BCUT2D eigenvalue weighted by Crippen LogP contribution is 2.40. The van der Waals surface area contributed by atoms with E-state index in [-0.39, 0.29) is 47.5 Å². The Bertz CT molecular complexity index is 1900. The van der Waals surface area contributed by atoms with Crippen LogP contribution in [0, 0.1) is 19.3 Å². The minimum atomic E-state index is -3.81. The number of terminal acetylenes is 1. The first-order chi connectivity index (χ1) is 20.6. The number of carbonyl (C=O) groups excluding carboxylic acids is 1. The second-order valence-corrected chi connectivity index (χ2v) is 12.2. The molecule has 43 heavy (non-hydrogen) atoms. The van der Waals surface area contributed by atoms with Crippen LogP contribution < -0.4 is 15.8 Å². The van der Waals surface area contributed by atoms with Crippen molar-refractivity contribution < 1.29 is 23.1 Å². The number of carboxylic acids is 1. The van der Waals surface area contributed by atoms with Gasteiger partial charge < -0.3 is 20.3 Å². The summed E-state index contributed by atoms with van der Waals surface area (Å²) in [7, 11) is -3.81. The van der Waals surface area contributed by atoms with E-state index in [1.165, 1.54) is 0 Å². The minimum absolute atomic E-state index is 0.0423. The molecule has 13 nitrogen and oxygen atoms in total. The molecule has 5 rings (SSSR count). The number of fused-ring (bicyclic) bond motifs is 2. The van der Waals surface area contributed by atoms with Crippen LogP contribution in [0.1, 0.15) is 52.6 Å². The Balaban J connectivity index is 1.39. The lowest BCUT2D eigenvalue weighted by Gasteiger charge is -2.32. The van der Waals surface area contributed by atoms with E-state index in [2.05, 4.69) is 36.4 Å². The van der Waals surface area contributed by atoms with Crippen molar-refractivity contribution in [2.45, 2.75) is 49.8 Å². The van der Waals surface area contributed by atoms with E-state index in [4.69, 9.17) is 6.42 Å². The van der Waals surface area contributed by atoms with E-state index in [1.807, 2.05) is 17.0 Å². The number of nitrogens with one attached hydrogen (secondary N) is 3. The Morgan fingerprint density at radius 2 is 2.07 bits per heavy atom. The summed E-state index contributed by atoms with van der Waals surface area (Å²) in [5.41, 5.74) is 3.02. The number of anilines is 1. The van der Waals surface area contributed by atoms with Gasteiger partial charge in [0.2, 0.25) is 9.84 Å². The quantitative estimate of drug-likeness (QED) is 0.184. The molecule has 4 N–H and O–H groups in total. The molecule has 2 heterocycles. The Kier molecular flexibility index (Phi) is 8.27. The van der Waals surface area contributed by atoms with E-state index in [1.54, 1.807) is 31.2 Å². The van der Waals surface area contributed by atoms with Crippen LogP contribution in [0.5, 0.6) is 0 Å². The van der Waals surface area contributed by atoms with Gasteiger partial charge in [0.25, 0.3) is 16.6 Å². The predicted octanol–water partition coefficient (Wildman–Crippen LogP) is 1.91. The number of para-hydroxylation sites is 1. The third-order valence-corrected chi connectivity index (χ3v) is 8.99. The highest BCUT2D eigenvalue weighted by Gasteiger charge is 2.32. The number of nitrogens with zero attached hydrogens (tertiary/aromatic N) is 4. The van der Waals surface area contributed by atoms with Gasteiger partial charge in [-0.05, 0) is 68.0 Å². The molecule has 1 amide bonds. The summed E-state index contributed by atoms with van der Waals surface area (Å²) >= 11 is 0. The zero-order valence-corrected chi connectivity index (χ0v) is 24.0. The van der Waals surface area contributed by atoms with Crippen LogP contribution in [0.25, 0.3) is 10.9 Å². The molecule has 1 aliphatic rings. The van der Waals surface area contributed by atoms with Crippen molar-refractivity contribution in [3.63, 3.8) is 0 Å². The molecule has 0 saturated heterocycles. The average Bonchev–Trinajstić information content (AvgIpc) is 3.65. The molecule has 0 aliphatic heterocycles. The number of carboxylic acid groups (broad SMARTS) is 1. The number of aromatic amines is 2. The fourth-order valence-electron chi connectivity index (χ4n) is 5.45. The number of amides is 1. The van der Waals surface area contributed by atoms with Crippen molar-refractivity contribution in [1.82, 2.24) is 30.5 Å². The van der Waals surface area contributed by atoms with Crippen LogP contribution in [-0.4, -0.2) is 68.9 Å². The predicted molar refractivity (Wildman–Crippen MR) is 157 cm³/mol. The highest BCUT2D eigenvalue weighted by atomic mass is 32.2. The van der Waals surface area contributed by atoms with Crippen LogP contribution in [0.15, 0.2) is 52.7 Å². The Morgan fingerprint density at radius 3 is 2.79 bits per heavy atom. The number of rotatable bonds is 11. The maximum absolute atomic E-state index is 13.5. The highest BCUT2D eigenvalue weighted by molar-refractivity contribution is 7.91. The molecule has 1 aliphatic carbocycles. The van der Waals surface area contributed by atoms with Crippen molar-refractivity contribution in [2.75, 3.05) is 17.2 Å². The van der Waals surface area contributed by atoms with Crippen molar-refractivity contribution in [3.8, 4) is 12.3 Å². The molecule has 2 aromatic carbocycles. The van der Waals surface area contributed by atoms with Crippen LogP contribution in [0.2, 0.25) is 0 Å². The number of carbonyl (C=O) groups is 2. The standard InChI is InChI=1S/C29H29N7O6S/c1-3-12-36(25-11-10-18-14-23-21(15-20(18)25)27(38)33-17(2)32-23)24-9-5-4-7-19(24)26(37)34-22(28(39)40)8-6-13-43(41,42)29-30-16-31-35-29/h1,4-5,7,9,14-16,22,25H,6,8,10-13H2,2H3,(H,34,37)(H,39,40)(H,30,31,35)(H,32,33,38)/t22-,25+/m0/s1. The number of hydrogen-bond acceptors (Lipinski definition) is 9. The summed E-state index contributed by atoms with van der Waals surface area (Å²) < 4.78 is 24.7. The number of aromatic nitrogens is 5. The first kappa shape index (κ1) is 29.5. The largest absolute Gasteiger partial charge is 0.480 e. The molecular formula is C29H29N7O6S. The van der Waals surface area contributed by atoms with Gasteiger partial charge in [0, 0.05) is 0 Å². The molecule has 14 heteroatoms. The van der Waals surface area contributed by atoms with Crippen LogP contribution in [0.4, 0.5) is 5.69 Å². The topological polar surface area (TPSA) is 191 Å². The lowest BCUT2D eigenvalue weighted by atomic mass is 10.0. The fourth-order valence-corrected chi connectivity index (χ4v) is 6.58. The van der Waals surface area contributed by atoms with Gasteiger partial charge >= 0.3 is 5.97 Å². The maximum Gasteiger partial charge on any atom is 0.326 e. The molecule has 4 aromatic rings. The zero-order chi connectivity index (χ0) is 30.7. The Labute approximate surface area is 246 Å². The molecule has 0 saturated carbocycles. The molecule has 222 valence electrons. The Hall–Kier alpha value is -5.03. The summed E-state index contributed by atoms with van der Waals surface area (Å²) in [4.78, 5) is 50.9. The SMILES string of the molecule is C#CCN(c1ccccc1C(=O)N[C@@H](CCCS(=O)(=O)c1nc[nH]n1)C(=O)O)[C@@H]1CCc2cc3nc(C)[nH]c(=O)c3cc21. The van der Waals surface area contributed by atoms with Crippen molar-refractivity contribution >= 4 is 38.3 Å². The number of aryl methyl sites for hydroxylation is 2. The molecule has 0 fully saturated rings. The first-order valence-electron chi connectivity index (χ1n) is 13.5. The van der Waals surface area contributed by atoms with E-state index in [0.29, 0.717) is 28.8 Å². The van der Waals surface area contributed by atoms with Crippen LogP contribution >= 0.6 is 0 Å². The second kappa shape index (κ2) is 12.1. The third kappa shape index (κ3) is 6.12. The van der Waals surface area contributed by atoms with Crippen molar-refractivity contribution in [3.05, 3.63) is 75.6 Å². The van der Waals surface area contributed by atoms with Gasteiger partial charge in [-0.2, -0.15) is 0 Å². The number of H-pyrrole nitrogens is 2. The summed E-state index contributed by atoms with van der Waals surface area (Å²) in [6, 6.07) is 8.89. The van der Waals surface area contributed by atoms with Crippen molar-refractivity contribution in [2.24, 2.45) is 0 Å². The van der Waals surface area contributed by atoms with Crippen molar-refractivity contribution in [1.29, 1.82) is 0 Å². The summed E-state index contributed by atoms with van der Waals surface area (Å²) in [6.07, 6.45) is 8.12. The minimum Gasteiger partial charge on any atom is -0.480 e. The van der Waals surface area contributed by atoms with E-state index in [9.17, 15) is 27.9 Å². The fraction of sp³-hybridized carbons (Fsp3) is 0.310. The van der Waals surface area contributed by atoms with Crippen LogP contribution in [-0.2, 0) is 21.1 Å². The van der Waals surface area contributed by atoms with Gasteiger partial charge in [0.05, 0.1) is 40.5 Å². The van der Waals surface area contributed by atoms with Gasteiger partial charge in [0.1, 0.15) is 18.2 Å². The molecule has 0 spiro atoms. The number of aliphatic carboxylic acids is 1. The third-order valence-electron chi connectivity index (χ3n) is 7.41. The van der Waals surface area contributed by atoms with Gasteiger partial charge in [-0.1, -0.05) is 18.1 Å². The zero-order valence-electron chi connectivity index (χ0n) is 23.2. The lowest BCUT2D eigenvalue weighted by Crippen LogP contribution is -2.41. The van der Waals surface area contributed by atoms with Gasteiger partial charge in [-0.15, -0.1) is 11.5 Å². The molecule has 0 radical (unpaired) electrons. The molecule has 0 unspecified atom stereocenters. The van der Waals surface area contributed by atoms with Gasteiger partial charge in [-0.3, -0.25) is 14.7 Å². The monoisotopic (exact) mass is 603 g/mol. The van der Waals surface area contributed by atoms with E-state index < -0.39 is 27.8 Å². The van der Waals surface area contributed by atoms with Crippen LogP contribution in [0.3, 0.4) is 0 Å². The molecule has 0 bridgehead atoms. The molecule has 2 aromatic heterocycles. The van der Waals surface area contributed by atoms with Gasteiger partial charge in [-0.25, -0.2) is 23.2 Å². The first-order valence-corrected chi connectivity index (χ1v) is 15.2. The normalized spacial score (nSPS) is 15.0. The lowest BCUT2D eigenvalue weighted by molar-refractivity contribution is -0.139. The summed E-state index contributed by atoms with van der Waals surface area (Å²) in [6.45, 7) is 1.87. The number of hydrogen-bond donors (Lipinski definition) is 4. The molecule has 2 atom stereocenters. The maximum atomic E-state index is 13.5. The summed E-state index contributed by atoms with van der Waals surface area (Å²) in [5.74, 6) is 0.857. The van der Waals surface area contributed by atoms with E-state index >= 15 is 0 Å². The number of benzene rings is 2. The van der Waals surface area contributed by atoms with E-state index in [0.717, 1.165) is 23.9 Å². The second-order valence-electron chi connectivity index (χ2n) is 10.2. The number of sulfone groups is 1. The molecular weight excluding hydrogens is 574 g/mol. The average molecular weight is 604 g/mol. The summed E-state index contributed by atoms with van der Waals surface area (Å²) in [5, 5.41) is 18.3. The smallest absolute Gasteiger partial charge is 0.326 e. The Morgan fingerprint density at radius 1 is 1.28 bits per heavy atom.